The summed E-state index contributed by atoms with van der Waals surface area (Å²) in [6.07, 6.45) is 4.05. The van der Waals surface area contributed by atoms with Crippen LogP contribution in [0.5, 0.6) is 0 Å². The quantitative estimate of drug-likeness (QED) is 0.668. The topological polar surface area (TPSA) is 79.9 Å². The Morgan fingerprint density at radius 3 is 2.86 bits per heavy atom. The predicted molar refractivity (Wildman–Crippen MR) is 113 cm³/mol. The van der Waals surface area contributed by atoms with Crippen LogP contribution in [-0.2, 0) is 13.0 Å². The van der Waals surface area contributed by atoms with Gasteiger partial charge in [-0.3, -0.25) is 14.8 Å². The van der Waals surface area contributed by atoms with Gasteiger partial charge in [-0.25, -0.2) is 0 Å². The molecular formula is C22H27N5O. The molecule has 0 atom stereocenters. The van der Waals surface area contributed by atoms with Crippen molar-refractivity contribution in [2.24, 2.45) is 5.73 Å². The maximum atomic E-state index is 13.1. The number of nitrogens with two attached hydrogens (primary N) is 1. The Morgan fingerprint density at radius 2 is 2.11 bits per heavy atom. The van der Waals surface area contributed by atoms with E-state index in [0.717, 1.165) is 60.2 Å². The minimum atomic E-state index is 0.00872. The number of aromatic nitrogens is 3. The number of pyridine rings is 1. The molecule has 1 aliphatic heterocycles. The molecule has 3 N–H and O–H groups in total. The van der Waals surface area contributed by atoms with Crippen molar-refractivity contribution in [2.75, 3.05) is 26.2 Å². The maximum absolute atomic E-state index is 13.1. The van der Waals surface area contributed by atoms with Crippen molar-refractivity contribution in [3.8, 4) is 11.8 Å². The summed E-state index contributed by atoms with van der Waals surface area (Å²) >= 11 is 0. The van der Waals surface area contributed by atoms with E-state index in [1.54, 1.807) is 0 Å². The molecule has 0 amide bonds. The lowest BCUT2D eigenvalue weighted by atomic mass is 10.1. The van der Waals surface area contributed by atoms with Crippen LogP contribution in [0.1, 0.15) is 37.4 Å². The third-order valence-corrected chi connectivity index (χ3v) is 5.52. The lowest BCUT2D eigenvalue weighted by Crippen LogP contribution is -2.22. The molecule has 0 aliphatic carbocycles. The summed E-state index contributed by atoms with van der Waals surface area (Å²) in [5, 5.41) is 9.17. The van der Waals surface area contributed by atoms with Gasteiger partial charge in [-0.15, -0.1) is 0 Å². The lowest BCUT2D eigenvalue weighted by Gasteiger charge is -2.11. The van der Waals surface area contributed by atoms with Crippen LogP contribution in [0.3, 0.4) is 0 Å². The highest BCUT2D eigenvalue weighted by Crippen LogP contribution is 2.24. The molecule has 1 aromatic carbocycles. The largest absolute Gasteiger partial charge is 0.330 e. The van der Waals surface area contributed by atoms with Crippen LogP contribution in [-0.4, -0.2) is 45.8 Å². The molecule has 0 saturated carbocycles. The Morgan fingerprint density at radius 1 is 1.29 bits per heavy atom. The fourth-order valence-electron chi connectivity index (χ4n) is 4.01. The molecule has 0 radical (unpaired) electrons. The fourth-order valence-corrected chi connectivity index (χ4v) is 4.01. The minimum absolute atomic E-state index is 0.00872. The van der Waals surface area contributed by atoms with Crippen LogP contribution < -0.4 is 11.3 Å². The number of aryl methyl sites for hydroxylation is 2. The first kappa shape index (κ1) is 18.7. The lowest BCUT2D eigenvalue weighted by molar-refractivity contribution is 0.383. The molecule has 1 aliphatic rings. The first-order chi connectivity index (χ1) is 13.7. The number of hydrogen-bond donors (Lipinski definition) is 2. The van der Waals surface area contributed by atoms with Crippen LogP contribution >= 0.6 is 0 Å². The summed E-state index contributed by atoms with van der Waals surface area (Å²) in [5.41, 5.74) is 9.18. The zero-order valence-corrected chi connectivity index (χ0v) is 16.4. The van der Waals surface area contributed by atoms with E-state index in [9.17, 15) is 4.79 Å². The Hall–Kier alpha value is -2.62. The van der Waals surface area contributed by atoms with Gasteiger partial charge < -0.3 is 10.3 Å². The molecule has 0 spiro atoms. The monoisotopic (exact) mass is 377 g/mol. The summed E-state index contributed by atoms with van der Waals surface area (Å²) in [5.74, 6) is 6.59. The van der Waals surface area contributed by atoms with Gasteiger partial charge in [-0.05, 0) is 63.5 Å². The highest BCUT2D eigenvalue weighted by Gasteiger charge is 2.16. The molecule has 28 heavy (non-hydrogen) atoms. The average molecular weight is 377 g/mol. The summed E-state index contributed by atoms with van der Waals surface area (Å²) < 4.78 is 1.83. The Labute approximate surface area is 164 Å². The van der Waals surface area contributed by atoms with Gasteiger partial charge in [0.05, 0.1) is 17.4 Å². The Kier molecular flexibility index (Phi) is 5.47. The van der Waals surface area contributed by atoms with Crippen molar-refractivity contribution >= 4 is 21.8 Å². The van der Waals surface area contributed by atoms with Gasteiger partial charge in [0.2, 0.25) is 0 Å². The first-order valence-electron chi connectivity index (χ1n) is 10.2. The van der Waals surface area contributed by atoms with Crippen LogP contribution in [0, 0.1) is 11.8 Å². The average Bonchev–Trinajstić information content (AvgIpc) is 3.38. The summed E-state index contributed by atoms with van der Waals surface area (Å²) in [4.78, 5) is 15.5. The first-order valence-corrected chi connectivity index (χ1v) is 10.2. The van der Waals surface area contributed by atoms with Gasteiger partial charge in [-0.2, -0.15) is 5.10 Å². The highest BCUT2D eigenvalue weighted by atomic mass is 16.1. The van der Waals surface area contributed by atoms with Crippen LogP contribution in [0.2, 0.25) is 0 Å². The van der Waals surface area contributed by atoms with Gasteiger partial charge in [0.15, 0.2) is 0 Å². The number of hydrogen-bond acceptors (Lipinski definition) is 4. The number of likely N-dealkylation sites (tertiary alicyclic amines) is 1. The van der Waals surface area contributed by atoms with Gasteiger partial charge in [0.25, 0.3) is 5.56 Å². The molecule has 0 bridgehead atoms. The number of benzene rings is 1. The van der Waals surface area contributed by atoms with Gasteiger partial charge >= 0.3 is 0 Å². The van der Waals surface area contributed by atoms with E-state index in [2.05, 4.69) is 33.0 Å². The van der Waals surface area contributed by atoms with E-state index in [0.29, 0.717) is 18.5 Å². The summed E-state index contributed by atoms with van der Waals surface area (Å²) in [6.45, 7) is 6.29. The van der Waals surface area contributed by atoms with E-state index in [1.165, 1.54) is 12.8 Å². The molecule has 6 nitrogen and oxygen atoms in total. The number of fused-ring (bicyclic) bond motifs is 3. The molecule has 3 heterocycles. The molecule has 2 aromatic heterocycles. The summed E-state index contributed by atoms with van der Waals surface area (Å²) in [7, 11) is 0. The van der Waals surface area contributed by atoms with E-state index in [-0.39, 0.29) is 5.56 Å². The number of rotatable bonds is 5. The second-order valence-electron chi connectivity index (χ2n) is 7.40. The van der Waals surface area contributed by atoms with Crippen LogP contribution in [0.25, 0.3) is 21.8 Å². The van der Waals surface area contributed by atoms with E-state index in [4.69, 9.17) is 5.73 Å². The Balaban J connectivity index is 1.81. The Bertz CT molecular complexity index is 1110. The van der Waals surface area contributed by atoms with Crippen LogP contribution in [0.15, 0.2) is 23.0 Å². The zero-order chi connectivity index (χ0) is 19.5. The predicted octanol–water partition coefficient (Wildman–Crippen LogP) is 2.24. The second kappa shape index (κ2) is 8.17. The normalized spacial score (nSPS) is 14.6. The second-order valence-corrected chi connectivity index (χ2v) is 7.40. The number of nitrogens with one attached hydrogen (secondary N) is 1. The highest BCUT2D eigenvalue weighted by molar-refractivity contribution is 6.04. The van der Waals surface area contributed by atoms with Crippen molar-refractivity contribution in [1.29, 1.82) is 0 Å². The molecule has 0 unspecified atom stereocenters. The van der Waals surface area contributed by atoms with Gasteiger partial charge in [-0.1, -0.05) is 18.8 Å². The van der Waals surface area contributed by atoms with Crippen LogP contribution in [0.4, 0.5) is 0 Å². The fraction of sp³-hybridized carbons (Fsp3) is 0.455. The minimum Gasteiger partial charge on any atom is -0.330 e. The molecule has 1 saturated heterocycles. The SMILES string of the molecule is CCc1[nH]nc2c1c(=O)n(CCCN)c1ccc(C#CCN3CCCC3)cc21. The van der Waals surface area contributed by atoms with Crippen molar-refractivity contribution in [3.63, 3.8) is 0 Å². The molecule has 146 valence electrons. The van der Waals surface area contributed by atoms with E-state index >= 15 is 0 Å². The standard InChI is InChI=1S/C22H27N5O/c1-2-18-20-21(25-24-18)17-15-16(7-5-13-26-11-3-4-12-26)8-9-19(17)27(22(20)28)14-6-10-23/h8-9,15H,2-4,6,10-14,23H2,1H3,(H,24,25). The van der Waals surface area contributed by atoms with Crippen molar-refractivity contribution < 1.29 is 0 Å². The van der Waals surface area contributed by atoms with Crippen molar-refractivity contribution in [1.82, 2.24) is 19.7 Å². The van der Waals surface area contributed by atoms with Crippen molar-refractivity contribution in [3.05, 3.63) is 39.8 Å². The van der Waals surface area contributed by atoms with E-state index in [1.807, 2.05) is 23.6 Å². The van der Waals surface area contributed by atoms with E-state index < -0.39 is 0 Å². The molecule has 4 rings (SSSR count). The zero-order valence-electron chi connectivity index (χ0n) is 16.4. The smallest absolute Gasteiger partial charge is 0.262 e. The molecule has 1 fully saturated rings. The molecule has 3 aromatic rings. The third-order valence-electron chi connectivity index (χ3n) is 5.52. The maximum Gasteiger partial charge on any atom is 0.262 e. The number of H-pyrrole nitrogens is 1. The molecular weight excluding hydrogens is 350 g/mol. The third kappa shape index (κ3) is 3.44. The van der Waals surface area contributed by atoms with Gasteiger partial charge in [0.1, 0.15) is 5.52 Å². The molecule has 6 heteroatoms. The number of nitrogens with zero attached hydrogens (tertiary/aromatic N) is 3. The number of aromatic amines is 1. The summed E-state index contributed by atoms with van der Waals surface area (Å²) in [6, 6.07) is 6.05. The van der Waals surface area contributed by atoms with Gasteiger partial charge in [0, 0.05) is 23.2 Å². The van der Waals surface area contributed by atoms with Crippen molar-refractivity contribution in [2.45, 2.75) is 39.2 Å².